The number of carbonyl (C=O) groups is 1. The van der Waals surface area contributed by atoms with Crippen molar-refractivity contribution in [1.82, 2.24) is 24.6 Å². The van der Waals surface area contributed by atoms with E-state index in [1.54, 1.807) is 4.57 Å². The average Bonchev–Trinajstić information content (AvgIpc) is 3.32. The molecule has 0 spiro atoms. The first-order valence-corrected chi connectivity index (χ1v) is 11.7. The number of nitrogens with one attached hydrogen (secondary N) is 2. The second-order valence-corrected chi connectivity index (χ2v) is 9.48. The maximum atomic E-state index is 12.6. The van der Waals surface area contributed by atoms with Crippen LogP contribution in [0.4, 0.5) is 0 Å². The molecule has 1 atom stereocenters. The Hall–Kier alpha value is -3.61. The van der Waals surface area contributed by atoms with E-state index in [-0.39, 0.29) is 11.6 Å². The molecule has 6 rings (SSSR count). The number of likely N-dealkylation sites (tertiary alicyclic amines) is 1. The number of aromatic amines is 2. The molecule has 33 heavy (non-hydrogen) atoms. The molecule has 1 saturated carbocycles. The molecule has 2 aromatic heterocycles. The van der Waals surface area contributed by atoms with Crippen LogP contribution >= 0.6 is 0 Å². The molecule has 2 fully saturated rings. The molecule has 2 aliphatic rings. The van der Waals surface area contributed by atoms with Crippen LogP contribution in [-0.2, 0) is 11.2 Å². The molecule has 7 nitrogen and oxygen atoms in total. The quantitative estimate of drug-likeness (QED) is 0.494. The standard InChI is InChI=1S/C26H27N5O2/c1-16-14-27-23-9-6-20(13-22(16)23)18-4-7-21(8-5-18)31-24(28-29-26(31)33)12-17-10-11-30(15-17)25(32)19-2-3-19/h4-9,13-14,17,19,27H,2-3,10-12,15H2,1H3,(H,29,33). The summed E-state index contributed by atoms with van der Waals surface area (Å²) in [5.74, 6) is 1.62. The first kappa shape index (κ1) is 20.0. The molecule has 1 aliphatic heterocycles. The highest BCUT2D eigenvalue weighted by Crippen LogP contribution is 2.33. The van der Waals surface area contributed by atoms with Crippen molar-refractivity contribution in [2.75, 3.05) is 13.1 Å². The number of benzene rings is 2. The van der Waals surface area contributed by atoms with Gasteiger partial charge in [0.25, 0.3) is 0 Å². The summed E-state index contributed by atoms with van der Waals surface area (Å²) in [6, 6.07) is 14.4. The lowest BCUT2D eigenvalue weighted by molar-refractivity contribution is -0.131. The smallest absolute Gasteiger partial charge is 0.347 e. The first-order valence-electron chi connectivity index (χ1n) is 11.7. The predicted molar refractivity (Wildman–Crippen MR) is 127 cm³/mol. The Balaban J connectivity index is 1.22. The second-order valence-electron chi connectivity index (χ2n) is 9.48. The lowest BCUT2D eigenvalue weighted by Crippen LogP contribution is -2.30. The van der Waals surface area contributed by atoms with Crippen molar-refractivity contribution in [3.8, 4) is 16.8 Å². The van der Waals surface area contributed by atoms with Gasteiger partial charge in [-0.15, -0.1) is 0 Å². The van der Waals surface area contributed by atoms with Gasteiger partial charge in [0.05, 0.1) is 5.69 Å². The summed E-state index contributed by atoms with van der Waals surface area (Å²) in [5, 5.41) is 8.14. The van der Waals surface area contributed by atoms with E-state index in [9.17, 15) is 9.59 Å². The molecule has 1 saturated heterocycles. The van der Waals surface area contributed by atoms with E-state index in [1.165, 1.54) is 10.9 Å². The molecule has 0 radical (unpaired) electrons. The summed E-state index contributed by atoms with van der Waals surface area (Å²) in [6.45, 7) is 3.68. The molecule has 2 aromatic carbocycles. The van der Waals surface area contributed by atoms with Crippen LogP contribution in [0.25, 0.3) is 27.7 Å². The van der Waals surface area contributed by atoms with Crippen molar-refractivity contribution in [3.63, 3.8) is 0 Å². The van der Waals surface area contributed by atoms with Crippen LogP contribution < -0.4 is 5.69 Å². The molecule has 1 unspecified atom stereocenters. The Morgan fingerprint density at radius 2 is 1.88 bits per heavy atom. The number of carbonyl (C=O) groups excluding carboxylic acids is 1. The maximum absolute atomic E-state index is 12.6. The molecule has 1 amide bonds. The zero-order valence-electron chi connectivity index (χ0n) is 18.7. The van der Waals surface area contributed by atoms with Gasteiger partial charge in [0, 0.05) is 42.5 Å². The summed E-state index contributed by atoms with van der Waals surface area (Å²) in [4.78, 5) is 30.2. The fraction of sp³-hybridized carbons (Fsp3) is 0.346. The van der Waals surface area contributed by atoms with Crippen LogP contribution in [0.1, 0.15) is 30.7 Å². The monoisotopic (exact) mass is 441 g/mol. The van der Waals surface area contributed by atoms with Gasteiger partial charge in [-0.25, -0.2) is 14.5 Å². The van der Waals surface area contributed by atoms with E-state index < -0.39 is 0 Å². The fourth-order valence-corrected chi connectivity index (χ4v) is 5.02. The molecule has 7 heteroatoms. The van der Waals surface area contributed by atoms with Gasteiger partial charge in [-0.05, 0) is 73.1 Å². The number of H-pyrrole nitrogens is 2. The molecule has 2 N–H and O–H groups in total. The number of rotatable bonds is 5. The highest BCUT2D eigenvalue weighted by Gasteiger charge is 2.36. The van der Waals surface area contributed by atoms with Crippen LogP contribution in [0, 0.1) is 18.8 Å². The van der Waals surface area contributed by atoms with E-state index in [4.69, 9.17) is 0 Å². The number of aromatic nitrogens is 4. The summed E-state index contributed by atoms with van der Waals surface area (Å²) in [6.07, 6.45) is 5.73. The highest BCUT2D eigenvalue weighted by atomic mass is 16.2. The summed E-state index contributed by atoms with van der Waals surface area (Å²) >= 11 is 0. The third kappa shape index (κ3) is 3.67. The van der Waals surface area contributed by atoms with Crippen molar-refractivity contribution in [3.05, 3.63) is 70.5 Å². The van der Waals surface area contributed by atoms with Crippen LogP contribution in [0.5, 0.6) is 0 Å². The predicted octanol–water partition coefficient (Wildman–Crippen LogP) is 3.82. The van der Waals surface area contributed by atoms with Crippen molar-refractivity contribution in [2.45, 2.75) is 32.6 Å². The van der Waals surface area contributed by atoms with E-state index >= 15 is 0 Å². The first-order chi connectivity index (χ1) is 16.1. The van der Waals surface area contributed by atoms with Crippen LogP contribution in [0.3, 0.4) is 0 Å². The molecular formula is C26H27N5O2. The van der Waals surface area contributed by atoms with Gasteiger partial charge in [-0.3, -0.25) is 4.79 Å². The van der Waals surface area contributed by atoms with E-state index in [0.29, 0.717) is 18.2 Å². The van der Waals surface area contributed by atoms with Crippen LogP contribution in [0.15, 0.2) is 53.5 Å². The zero-order valence-corrected chi connectivity index (χ0v) is 18.7. The molecule has 3 heterocycles. The normalized spacial score (nSPS) is 18.3. The minimum Gasteiger partial charge on any atom is -0.361 e. The van der Waals surface area contributed by atoms with Gasteiger partial charge in [0.1, 0.15) is 5.82 Å². The summed E-state index contributed by atoms with van der Waals surface area (Å²) in [7, 11) is 0. The topological polar surface area (TPSA) is 86.8 Å². The summed E-state index contributed by atoms with van der Waals surface area (Å²) in [5.41, 5.74) is 5.17. The van der Waals surface area contributed by atoms with Gasteiger partial charge in [0.2, 0.25) is 5.91 Å². The Morgan fingerprint density at radius 1 is 1.09 bits per heavy atom. The SMILES string of the molecule is Cc1c[nH]c2ccc(-c3ccc(-n4c(CC5CCN(C(=O)C6CC6)C5)n[nH]c4=O)cc3)cc12. The molecule has 1 aliphatic carbocycles. The number of amides is 1. The lowest BCUT2D eigenvalue weighted by atomic mass is 10.0. The number of nitrogens with zero attached hydrogens (tertiary/aromatic N) is 3. The Kier molecular flexibility index (Phi) is 4.71. The number of hydrogen-bond acceptors (Lipinski definition) is 3. The Labute approximate surface area is 191 Å². The van der Waals surface area contributed by atoms with Crippen molar-refractivity contribution >= 4 is 16.8 Å². The van der Waals surface area contributed by atoms with E-state index in [1.807, 2.05) is 35.4 Å². The van der Waals surface area contributed by atoms with Crippen molar-refractivity contribution in [1.29, 1.82) is 0 Å². The maximum Gasteiger partial charge on any atom is 0.347 e. The van der Waals surface area contributed by atoms with Gasteiger partial charge in [0.15, 0.2) is 0 Å². The Morgan fingerprint density at radius 3 is 2.67 bits per heavy atom. The molecule has 4 aromatic rings. The van der Waals surface area contributed by atoms with Gasteiger partial charge in [-0.2, -0.15) is 5.10 Å². The van der Waals surface area contributed by atoms with Gasteiger partial charge in [-0.1, -0.05) is 18.2 Å². The van der Waals surface area contributed by atoms with Gasteiger partial charge < -0.3 is 9.88 Å². The fourth-order valence-electron chi connectivity index (χ4n) is 5.02. The van der Waals surface area contributed by atoms with Gasteiger partial charge >= 0.3 is 5.69 Å². The largest absolute Gasteiger partial charge is 0.361 e. The van der Waals surface area contributed by atoms with Crippen molar-refractivity contribution in [2.24, 2.45) is 11.8 Å². The average molecular weight is 442 g/mol. The van der Waals surface area contributed by atoms with Crippen LogP contribution in [0.2, 0.25) is 0 Å². The lowest BCUT2D eigenvalue weighted by Gasteiger charge is -2.16. The molecular weight excluding hydrogens is 414 g/mol. The Bertz CT molecular complexity index is 1390. The third-order valence-corrected chi connectivity index (χ3v) is 7.08. The minimum absolute atomic E-state index is 0.231. The number of hydrogen-bond donors (Lipinski definition) is 2. The summed E-state index contributed by atoms with van der Waals surface area (Å²) < 4.78 is 1.66. The number of fused-ring (bicyclic) bond motifs is 1. The zero-order chi connectivity index (χ0) is 22.5. The van der Waals surface area contributed by atoms with E-state index in [2.05, 4.69) is 40.3 Å². The minimum atomic E-state index is -0.231. The molecule has 0 bridgehead atoms. The number of aryl methyl sites for hydroxylation is 1. The second kappa shape index (κ2) is 7.76. The highest BCUT2D eigenvalue weighted by molar-refractivity contribution is 5.87. The van der Waals surface area contributed by atoms with E-state index in [0.717, 1.165) is 60.5 Å². The van der Waals surface area contributed by atoms with Crippen molar-refractivity contribution < 1.29 is 4.79 Å². The molecule has 168 valence electrons. The van der Waals surface area contributed by atoms with Crippen LogP contribution in [-0.4, -0.2) is 43.6 Å². The third-order valence-electron chi connectivity index (χ3n) is 7.08.